The third-order valence-electron chi connectivity index (χ3n) is 3.20. The van der Waals surface area contributed by atoms with Gasteiger partial charge >= 0.3 is 0 Å². The molecule has 0 atom stereocenters. The first kappa shape index (κ1) is 15.3. The number of hydrogen-bond donors (Lipinski definition) is 0. The molecule has 1 saturated carbocycles. The van der Waals surface area contributed by atoms with Crippen LogP contribution in [0.25, 0.3) is 0 Å². The molecule has 0 aromatic heterocycles. The summed E-state index contributed by atoms with van der Waals surface area (Å²) < 4.78 is 5.59. The molecule has 0 N–H and O–H groups in total. The largest absolute Gasteiger partial charge is 0.366 e. The smallest absolute Gasteiger partial charge is 0.249 e. The van der Waals surface area contributed by atoms with Crippen molar-refractivity contribution in [1.29, 1.82) is 0 Å². The quantitative estimate of drug-likeness (QED) is 0.830. The number of rotatable bonds is 5. The van der Waals surface area contributed by atoms with Crippen LogP contribution in [0.5, 0.6) is 0 Å². The Kier molecular flexibility index (Phi) is 4.71. The molecule has 0 radical (unpaired) electrons. The lowest BCUT2D eigenvalue weighted by atomic mass is 10.2. The van der Waals surface area contributed by atoms with Gasteiger partial charge < -0.3 is 9.64 Å². The van der Waals surface area contributed by atoms with E-state index >= 15 is 0 Å². The highest BCUT2D eigenvalue weighted by Crippen LogP contribution is 2.29. The van der Waals surface area contributed by atoms with E-state index in [1.807, 2.05) is 49.9 Å². The Balaban J connectivity index is 1.96. The highest BCUT2D eigenvalue weighted by atomic mass is 35.5. The lowest BCUT2D eigenvalue weighted by molar-refractivity contribution is -0.142. The Hall–Kier alpha value is -1.06. The standard InChI is InChI=1S/C16H22ClNO2/c1-16(2,3)20-11-15(19)18(14-8-9-14)10-12-4-6-13(17)7-5-12/h4-7,14H,8-11H2,1-3H3. The zero-order valence-corrected chi connectivity index (χ0v) is 13.1. The van der Waals surface area contributed by atoms with Crippen LogP contribution >= 0.6 is 11.6 Å². The first-order chi connectivity index (χ1) is 9.35. The first-order valence-electron chi connectivity index (χ1n) is 7.03. The second kappa shape index (κ2) is 6.15. The number of halogens is 1. The molecule has 1 aliphatic carbocycles. The fourth-order valence-corrected chi connectivity index (χ4v) is 2.08. The summed E-state index contributed by atoms with van der Waals surface area (Å²) >= 11 is 5.89. The Bertz CT molecular complexity index is 460. The van der Waals surface area contributed by atoms with Crippen LogP contribution in [0.4, 0.5) is 0 Å². The molecule has 1 aromatic carbocycles. The van der Waals surface area contributed by atoms with Crippen molar-refractivity contribution >= 4 is 17.5 Å². The molecule has 3 nitrogen and oxygen atoms in total. The van der Waals surface area contributed by atoms with Gasteiger partial charge in [0, 0.05) is 17.6 Å². The Labute approximate surface area is 125 Å². The molecule has 2 rings (SSSR count). The third-order valence-corrected chi connectivity index (χ3v) is 3.45. The van der Waals surface area contributed by atoms with Gasteiger partial charge in [0.25, 0.3) is 0 Å². The van der Waals surface area contributed by atoms with Crippen molar-refractivity contribution < 1.29 is 9.53 Å². The average molecular weight is 296 g/mol. The number of carbonyl (C=O) groups is 1. The fourth-order valence-electron chi connectivity index (χ4n) is 1.95. The second-order valence-electron chi connectivity index (χ2n) is 6.28. The van der Waals surface area contributed by atoms with Crippen molar-refractivity contribution in [2.75, 3.05) is 6.61 Å². The molecule has 20 heavy (non-hydrogen) atoms. The van der Waals surface area contributed by atoms with Gasteiger partial charge in [-0.25, -0.2) is 0 Å². The molecule has 4 heteroatoms. The molecule has 0 heterocycles. The third kappa shape index (κ3) is 4.80. The van der Waals surface area contributed by atoms with Gasteiger partial charge in [-0.05, 0) is 51.3 Å². The maximum Gasteiger partial charge on any atom is 0.249 e. The van der Waals surface area contributed by atoms with E-state index in [9.17, 15) is 4.79 Å². The zero-order valence-electron chi connectivity index (χ0n) is 12.4. The lowest BCUT2D eigenvalue weighted by Gasteiger charge is -2.25. The molecule has 0 aliphatic heterocycles. The summed E-state index contributed by atoms with van der Waals surface area (Å²) in [7, 11) is 0. The molecule has 0 unspecified atom stereocenters. The molecular formula is C16H22ClNO2. The summed E-state index contributed by atoms with van der Waals surface area (Å²) in [6.45, 7) is 6.66. The number of hydrogen-bond acceptors (Lipinski definition) is 2. The summed E-state index contributed by atoms with van der Waals surface area (Å²) in [5.74, 6) is 0.0670. The number of ether oxygens (including phenoxy) is 1. The van der Waals surface area contributed by atoms with Gasteiger partial charge in [0.1, 0.15) is 6.61 Å². The predicted molar refractivity (Wildman–Crippen MR) is 80.7 cm³/mol. The number of benzene rings is 1. The van der Waals surface area contributed by atoms with E-state index in [2.05, 4.69) is 0 Å². The molecule has 1 fully saturated rings. The molecule has 110 valence electrons. The van der Waals surface area contributed by atoms with Gasteiger partial charge in [0.15, 0.2) is 0 Å². The van der Waals surface area contributed by atoms with Crippen LogP contribution in [-0.2, 0) is 16.1 Å². The summed E-state index contributed by atoms with van der Waals surface area (Å²) in [6, 6.07) is 8.03. The average Bonchev–Trinajstić information content (AvgIpc) is 3.18. The van der Waals surface area contributed by atoms with Gasteiger partial charge in [-0.3, -0.25) is 4.79 Å². The van der Waals surface area contributed by atoms with Crippen LogP contribution in [0.15, 0.2) is 24.3 Å². The van der Waals surface area contributed by atoms with E-state index in [0.29, 0.717) is 17.6 Å². The minimum absolute atomic E-state index is 0.0670. The molecule has 1 aromatic rings. The van der Waals surface area contributed by atoms with Crippen molar-refractivity contribution in [3.8, 4) is 0 Å². The Morgan fingerprint density at radius 2 is 1.90 bits per heavy atom. The second-order valence-corrected chi connectivity index (χ2v) is 6.72. The van der Waals surface area contributed by atoms with Crippen molar-refractivity contribution in [3.63, 3.8) is 0 Å². The molecular weight excluding hydrogens is 274 g/mol. The minimum Gasteiger partial charge on any atom is -0.366 e. The maximum atomic E-state index is 12.3. The zero-order chi connectivity index (χ0) is 14.8. The van der Waals surface area contributed by atoms with Gasteiger partial charge in [-0.2, -0.15) is 0 Å². The summed E-state index contributed by atoms with van der Waals surface area (Å²) in [6.07, 6.45) is 2.18. The maximum absolute atomic E-state index is 12.3. The Morgan fingerprint density at radius 3 is 2.40 bits per heavy atom. The normalized spacial score (nSPS) is 15.2. The number of nitrogens with zero attached hydrogens (tertiary/aromatic N) is 1. The number of amides is 1. The van der Waals surface area contributed by atoms with Gasteiger partial charge in [-0.1, -0.05) is 23.7 Å². The van der Waals surface area contributed by atoms with Crippen molar-refractivity contribution in [2.45, 2.75) is 51.8 Å². The summed E-state index contributed by atoms with van der Waals surface area (Å²) in [5.41, 5.74) is 0.816. The molecule has 0 spiro atoms. The number of carbonyl (C=O) groups excluding carboxylic acids is 1. The minimum atomic E-state index is -0.287. The van der Waals surface area contributed by atoms with Crippen LogP contribution in [0.3, 0.4) is 0 Å². The van der Waals surface area contributed by atoms with Crippen molar-refractivity contribution in [3.05, 3.63) is 34.9 Å². The van der Waals surface area contributed by atoms with E-state index in [-0.39, 0.29) is 18.1 Å². The highest BCUT2D eigenvalue weighted by Gasteiger charge is 2.32. The SMILES string of the molecule is CC(C)(C)OCC(=O)N(Cc1ccc(Cl)cc1)C1CC1. The molecule has 1 aliphatic rings. The van der Waals surface area contributed by atoms with Crippen LogP contribution in [0.1, 0.15) is 39.2 Å². The van der Waals surface area contributed by atoms with Crippen LogP contribution in [-0.4, -0.2) is 29.1 Å². The summed E-state index contributed by atoms with van der Waals surface area (Å²) in [5, 5.41) is 0.717. The Morgan fingerprint density at radius 1 is 1.30 bits per heavy atom. The molecule has 1 amide bonds. The lowest BCUT2D eigenvalue weighted by Crippen LogP contribution is -2.37. The fraction of sp³-hybridized carbons (Fsp3) is 0.562. The first-order valence-corrected chi connectivity index (χ1v) is 7.41. The molecule has 0 bridgehead atoms. The van der Waals surface area contributed by atoms with E-state index in [1.54, 1.807) is 0 Å². The van der Waals surface area contributed by atoms with Crippen LogP contribution < -0.4 is 0 Å². The van der Waals surface area contributed by atoms with E-state index in [0.717, 1.165) is 18.4 Å². The van der Waals surface area contributed by atoms with Gasteiger partial charge in [-0.15, -0.1) is 0 Å². The van der Waals surface area contributed by atoms with Gasteiger partial charge in [0.05, 0.1) is 5.60 Å². The molecule has 0 saturated heterocycles. The van der Waals surface area contributed by atoms with E-state index < -0.39 is 0 Å². The van der Waals surface area contributed by atoms with Crippen LogP contribution in [0, 0.1) is 0 Å². The van der Waals surface area contributed by atoms with Crippen molar-refractivity contribution in [1.82, 2.24) is 4.90 Å². The predicted octanol–water partition coefficient (Wildman–Crippen LogP) is 3.65. The van der Waals surface area contributed by atoms with Gasteiger partial charge in [0.2, 0.25) is 5.91 Å². The highest BCUT2D eigenvalue weighted by molar-refractivity contribution is 6.30. The van der Waals surface area contributed by atoms with Crippen LogP contribution in [0.2, 0.25) is 5.02 Å². The van der Waals surface area contributed by atoms with E-state index in [1.165, 1.54) is 0 Å². The topological polar surface area (TPSA) is 29.5 Å². The monoisotopic (exact) mass is 295 g/mol. The summed E-state index contributed by atoms with van der Waals surface area (Å²) in [4.78, 5) is 14.2. The van der Waals surface area contributed by atoms with Crippen molar-refractivity contribution in [2.24, 2.45) is 0 Å². The van der Waals surface area contributed by atoms with E-state index in [4.69, 9.17) is 16.3 Å².